The lowest BCUT2D eigenvalue weighted by molar-refractivity contribution is 0.415. The molecule has 0 bridgehead atoms. The largest absolute Gasteiger partial charge is 0.497 e. The number of hydrogen-bond donors (Lipinski definition) is 1. The first-order valence-electron chi connectivity index (χ1n) is 6.40. The number of benzene rings is 1. The van der Waals surface area contributed by atoms with Gasteiger partial charge in [-0.15, -0.1) is 5.10 Å². The molecule has 2 aromatic rings. The van der Waals surface area contributed by atoms with E-state index in [0.717, 1.165) is 35.7 Å². The first kappa shape index (κ1) is 14.6. The van der Waals surface area contributed by atoms with Crippen LogP contribution in [0.5, 0.6) is 5.75 Å². The highest BCUT2D eigenvalue weighted by molar-refractivity contribution is 7.98. The molecule has 0 saturated heterocycles. The molecule has 0 aliphatic rings. The molecule has 1 aromatic heterocycles. The first-order chi connectivity index (χ1) is 9.83. The van der Waals surface area contributed by atoms with E-state index in [1.54, 1.807) is 13.3 Å². The zero-order valence-corrected chi connectivity index (χ0v) is 12.5. The normalized spacial score (nSPS) is 10.3. The maximum atomic E-state index is 5.22. The minimum absolute atomic E-state index is 0.562. The number of aromatic nitrogens is 3. The molecular weight excluding hydrogens is 272 g/mol. The van der Waals surface area contributed by atoms with Gasteiger partial charge in [-0.1, -0.05) is 12.1 Å². The maximum Gasteiger partial charge on any atom is 0.243 e. The monoisotopic (exact) mass is 290 g/mol. The smallest absolute Gasteiger partial charge is 0.243 e. The second kappa shape index (κ2) is 7.69. The van der Waals surface area contributed by atoms with Crippen LogP contribution < -0.4 is 10.1 Å². The van der Waals surface area contributed by atoms with Crippen LogP contribution in [0, 0.1) is 0 Å². The molecule has 1 aromatic carbocycles. The van der Waals surface area contributed by atoms with Crippen molar-refractivity contribution < 1.29 is 4.74 Å². The van der Waals surface area contributed by atoms with Crippen LogP contribution in [-0.4, -0.2) is 40.8 Å². The van der Waals surface area contributed by atoms with Crippen LogP contribution in [0.15, 0.2) is 30.5 Å². The van der Waals surface area contributed by atoms with E-state index < -0.39 is 0 Å². The van der Waals surface area contributed by atoms with E-state index in [2.05, 4.69) is 26.8 Å². The van der Waals surface area contributed by atoms with Crippen LogP contribution in [-0.2, 0) is 0 Å². The molecule has 1 N–H and O–H groups in total. The van der Waals surface area contributed by atoms with Gasteiger partial charge in [0.2, 0.25) is 5.95 Å². The Morgan fingerprint density at radius 1 is 1.35 bits per heavy atom. The highest BCUT2D eigenvalue weighted by Crippen LogP contribution is 2.21. The second-order valence-corrected chi connectivity index (χ2v) is 5.16. The van der Waals surface area contributed by atoms with Crippen molar-refractivity contribution in [2.24, 2.45) is 0 Å². The molecule has 5 nitrogen and oxygen atoms in total. The third kappa shape index (κ3) is 4.09. The number of thioether (sulfide) groups is 1. The second-order valence-electron chi connectivity index (χ2n) is 4.17. The SMILES string of the molecule is COc1cccc(-c2cnnc(NCCCSC)n2)c1. The fourth-order valence-electron chi connectivity index (χ4n) is 1.72. The summed E-state index contributed by atoms with van der Waals surface area (Å²) in [6.45, 7) is 0.851. The topological polar surface area (TPSA) is 59.9 Å². The third-order valence-electron chi connectivity index (χ3n) is 2.73. The zero-order valence-electron chi connectivity index (χ0n) is 11.7. The fourth-order valence-corrected chi connectivity index (χ4v) is 2.15. The summed E-state index contributed by atoms with van der Waals surface area (Å²) in [6.07, 6.45) is 4.83. The summed E-state index contributed by atoms with van der Waals surface area (Å²) in [5.74, 6) is 2.48. The van der Waals surface area contributed by atoms with Gasteiger partial charge in [0, 0.05) is 12.1 Å². The predicted molar refractivity (Wildman–Crippen MR) is 83.3 cm³/mol. The molecule has 0 aliphatic carbocycles. The van der Waals surface area contributed by atoms with Crippen molar-refractivity contribution in [2.75, 3.05) is 31.0 Å². The van der Waals surface area contributed by atoms with Gasteiger partial charge >= 0.3 is 0 Å². The summed E-state index contributed by atoms with van der Waals surface area (Å²) < 4.78 is 5.22. The highest BCUT2D eigenvalue weighted by Gasteiger charge is 2.04. The molecule has 6 heteroatoms. The summed E-state index contributed by atoms with van der Waals surface area (Å²) >= 11 is 1.83. The standard InChI is InChI=1S/C14H18N4OS/c1-19-12-6-3-5-11(9-12)13-10-16-18-14(17-13)15-7-4-8-20-2/h3,5-6,9-10H,4,7-8H2,1-2H3,(H,15,17,18). The van der Waals surface area contributed by atoms with Gasteiger partial charge in [-0.2, -0.15) is 16.9 Å². The van der Waals surface area contributed by atoms with Crippen LogP contribution in [0.4, 0.5) is 5.95 Å². The van der Waals surface area contributed by atoms with E-state index in [9.17, 15) is 0 Å². The Bertz CT molecular complexity index is 550. The predicted octanol–water partition coefficient (Wildman–Crippen LogP) is 2.71. The Labute approximate surface area is 123 Å². The number of methoxy groups -OCH3 is 1. The minimum Gasteiger partial charge on any atom is -0.497 e. The van der Waals surface area contributed by atoms with Gasteiger partial charge in [0.15, 0.2) is 0 Å². The lowest BCUT2D eigenvalue weighted by Crippen LogP contribution is -2.07. The quantitative estimate of drug-likeness (QED) is 0.791. The van der Waals surface area contributed by atoms with E-state index in [1.165, 1.54) is 0 Å². The van der Waals surface area contributed by atoms with E-state index in [1.807, 2.05) is 36.0 Å². The molecule has 2 rings (SSSR count). The van der Waals surface area contributed by atoms with E-state index in [4.69, 9.17) is 4.74 Å². The average Bonchev–Trinajstić information content (AvgIpc) is 2.52. The van der Waals surface area contributed by atoms with Crippen molar-refractivity contribution in [3.63, 3.8) is 0 Å². The van der Waals surface area contributed by atoms with Crippen LogP contribution in [0.2, 0.25) is 0 Å². The van der Waals surface area contributed by atoms with Crippen LogP contribution >= 0.6 is 11.8 Å². The van der Waals surface area contributed by atoms with Crippen LogP contribution in [0.3, 0.4) is 0 Å². The Kier molecular flexibility index (Phi) is 5.61. The zero-order chi connectivity index (χ0) is 14.2. The molecule has 0 aliphatic heterocycles. The molecule has 0 spiro atoms. The molecule has 0 atom stereocenters. The van der Waals surface area contributed by atoms with Gasteiger partial charge < -0.3 is 10.1 Å². The average molecular weight is 290 g/mol. The maximum absolute atomic E-state index is 5.22. The molecule has 0 unspecified atom stereocenters. The van der Waals surface area contributed by atoms with E-state index in [0.29, 0.717) is 5.95 Å². The number of rotatable bonds is 7. The molecule has 0 amide bonds. The summed E-state index contributed by atoms with van der Waals surface area (Å²) in [5.41, 5.74) is 1.75. The molecular formula is C14H18N4OS. The van der Waals surface area contributed by atoms with Gasteiger partial charge in [-0.25, -0.2) is 4.98 Å². The van der Waals surface area contributed by atoms with Crippen molar-refractivity contribution in [3.05, 3.63) is 30.5 Å². The minimum atomic E-state index is 0.562. The highest BCUT2D eigenvalue weighted by atomic mass is 32.2. The Balaban J connectivity index is 2.08. The lowest BCUT2D eigenvalue weighted by Gasteiger charge is -2.06. The fraction of sp³-hybridized carbons (Fsp3) is 0.357. The van der Waals surface area contributed by atoms with Gasteiger partial charge in [0.1, 0.15) is 5.75 Å². The molecule has 0 radical (unpaired) electrons. The molecule has 1 heterocycles. The molecule has 20 heavy (non-hydrogen) atoms. The first-order valence-corrected chi connectivity index (χ1v) is 7.80. The number of hydrogen-bond acceptors (Lipinski definition) is 6. The molecule has 0 saturated carbocycles. The van der Waals surface area contributed by atoms with E-state index >= 15 is 0 Å². The van der Waals surface area contributed by atoms with E-state index in [-0.39, 0.29) is 0 Å². The van der Waals surface area contributed by atoms with Gasteiger partial charge in [0.05, 0.1) is 19.0 Å². The number of ether oxygens (including phenoxy) is 1. The third-order valence-corrected chi connectivity index (χ3v) is 3.43. The number of anilines is 1. The van der Waals surface area contributed by atoms with Crippen molar-refractivity contribution in [3.8, 4) is 17.0 Å². The van der Waals surface area contributed by atoms with Crippen molar-refractivity contribution in [1.82, 2.24) is 15.2 Å². The summed E-state index contributed by atoms with van der Waals surface area (Å²) in [6, 6.07) is 7.74. The molecule has 0 fully saturated rings. The summed E-state index contributed by atoms with van der Waals surface area (Å²) in [4.78, 5) is 4.47. The van der Waals surface area contributed by atoms with Gasteiger partial charge in [-0.3, -0.25) is 0 Å². The Hall–Kier alpha value is -1.82. The van der Waals surface area contributed by atoms with Gasteiger partial charge in [-0.05, 0) is 30.6 Å². The van der Waals surface area contributed by atoms with Gasteiger partial charge in [0.25, 0.3) is 0 Å². The van der Waals surface area contributed by atoms with Crippen molar-refractivity contribution >= 4 is 17.7 Å². The van der Waals surface area contributed by atoms with Crippen LogP contribution in [0.1, 0.15) is 6.42 Å². The molecule has 106 valence electrons. The van der Waals surface area contributed by atoms with Crippen molar-refractivity contribution in [1.29, 1.82) is 0 Å². The number of nitrogens with zero attached hydrogens (tertiary/aromatic N) is 3. The number of nitrogens with one attached hydrogen (secondary N) is 1. The Morgan fingerprint density at radius 3 is 3.05 bits per heavy atom. The van der Waals surface area contributed by atoms with Crippen molar-refractivity contribution in [2.45, 2.75) is 6.42 Å². The lowest BCUT2D eigenvalue weighted by atomic mass is 10.1. The van der Waals surface area contributed by atoms with Crippen LogP contribution in [0.25, 0.3) is 11.3 Å². The summed E-state index contributed by atoms with van der Waals surface area (Å²) in [7, 11) is 1.65. The summed E-state index contributed by atoms with van der Waals surface area (Å²) in [5, 5.41) is 11.2. The Morgan fingerprint density at radius 2 is 2.25 bits per heavy atom.